The minimum atomic E-state index is -0.622. The summed E-state index contributed by atoms with van der Waals surface area (Å²) in [5.41, 5.74) is 9.60. The van der Waals surface area contributed by atoms with Crippen LogP contribution in [0.25, 0.3) is 0 Å². The van der Waals surface area contributed by atoms with Crippen LogP contribution in [0.2, 0.25) is 0 Å². The van der Waals surface area contributed by atoms with Gasteiger partial charge in [0.05, 0.1) is 4.99 Å². The number of thiocarbonyl (C=S) groups is 1. The molecule has 0 aliphatic rings. The Morgan fingerprint density at radius 1 is 1.10 bits per heavy atom. The second-order valence-electron chi connectivity index (χ2n) is 5.03. The van der Waals surface area contributed by atoms with Gasteiger partial charge < -0.3 is 11.1 Å². The van der Waals surface area contributed by atoms with E-state index in [9.17, 15) is 4.79 Å². The Morgan fingerprint density at radius 2 is 1.76 bits per heavy atom. The zero-order valence-electron chi connectivity index (χ0n) is 12.1. The first-order valence-corrected chi connectivity index (χ1v) is 7.12. The number of hydrogen-bond acceptors (Lipinski definition) is 2. The van der Waals surface area contributed by atoms with Crippen LogP contribution >= 0.6 is 12.2 Å². The van der Waals surface area contributed by atoms with Crippen molar-refractivity contribution in [2.24, 2.45) is 5.73 Å². The van der Waals surface area contributed by atoms with Crippen molar-refractivity contribution in [2.45, 2.75) is 19.8 Å². The minimum absolute atomic E-state index is 0.169. The molecule has 0 radical (unpaired) electrons. The Morgan fingerprint density at radius 3 is 2.33 bits per heavy atom. The third-order valence-electron chi connectivity index (χ3n) is 3.45. The van der Waals surface area contributed by atoms with E-state index in [2.05, 4.69) is 5.32 Å². The van der Waals surface area contributed by atoms with E-state index >= 15 is 0 Å². The van der Waals surface area contributed by atoms with Gasteiger partial charge in [0.2, 0.25) is 5.91 Å². The van der Waals surface area contributed by atoms with Crippen LogP contribution in [0.1, 0.15) is 22.6 Å². The fourth-order valence-corrected chi connectivity index (χ4v) is 2.37. The lowest BCUT2D eigenvalue weighted by atomic mass is 9.98. The summed E-state index contributed by atoms with van der Waals surface area (Å²) in [4.78, 5) is 12.6. The van der Waals surface area contributed by atoms with Crippen molar-refractivity contribution in [1.82, 2.24) is 0 Å². The molecule has 0 aliphatic heterocycles. The molecule has 2 rings (SSSR count). The number of nitrogens with one attached hydrogen (secondary N) is 1. The standard InChI is InChI=1S/C17H18N2OS/c1-11-8-9-14(10-12(11)2)19-17(20)15(16(18)21)13-6-4-3-5-7-13/h3-10,15H,1-2H3,(H2,18,21)(H,19,20). The summed E-state index contributed by atoms with van der Waals surface area (Å²) in [6.07, 6.45) is 0. The van der Waals surface area contributed by atoms with Crippen molar-refractivity contribution in [1.29, 1.82) is 0 Å². The highest BCUT2D eigenvalue weighted by Gasteiger charge is 2.23. The predicted molar refractivity (Wildman–Crippen MR) is 90.5 cm³/mol. The van der Waals surface area contributed by atoms with Crippen molar-refractivity contribution < 1.29 is 4.79 Å². The summed E-state index contributed by atoms with van der Waals surface area (Å²) in [7, 11) is 0. The topological polar surface area (TPSA) is 55.1 Å². The maximum absolute atomic E-state index is 12.5. The molecular weight excluding hydrogens is 280 g/mol. The zero-order chi connectivity index (χ0) is 15.4. The Labute approximate surface area is 130 Å². The first-order valence-electron chi connectivity index (χ1n) is 6.71. The molecule has 1 unspecified atom stereocenters. The van der Waals surface area contributed by atoms with Gasteiger partial charge >= 0.3 is 0 Å². The third kappa shape index (κ3) is 3.67. The molecule has 4 heteroatoms. The molecule has 1 atom stereocenters. The molecule has 0 aliphatic carbocycles. The highest BCUT2D eigenvalue weighted by atomic mass is 32.1. The summed E-state index contributed by atoms with van der Waals surface area (Å²) in [5, 5.41) is 2.88. The fourth-order valence-electron chi connectivity index (χ4n) is 2.12. The molecule has 3 nitrogen and oxygen atoms in total. The van der Waals surface area contributed by atoms with Gasteiger partial charge in [0.15, 0.2) is 0 Å². The fraction of sp³-hybridized carbons (Fsp3) is 0.176. The van der Waals surface area contributed by atoms with Crippen molar-refractivity contribution in [3.05, 3.63) is 65.2 Å². The summed E-state index contributed by atoms with van der Waals surface area (Å²) in [6.45, 7) is 4.04. The van der Waals surface area contributed by atoms with Gasteiger partial charge in [0, 0.05) is 5.69 Å². The lowest BCUT2D eigenvalue weighted by Gasteiger charge is -2.16. The van der Waals surface area contributed by atoms with Gasteiger partial charge in [-0.3, -0.25) is 4.79 Å². The summed E-state index contributed by atoms with van der Waals surface area (Å²) < 4.78 is 0. The SMILES string of the molecule is Cc1ccc(NC(=O)C(C(N)=S)c2ccccc2)cc1C. The largest absolute Gasteiger partial charge is 0.392 e. The molecule has 3 N–H and O–H groups in total. The van der Waals surface area contributed by atoms with Gasteiger partial charge in [-0.05, 0) is 42.7 Å². The summed E-state index contributed by atoms with van der Waals surface area (Å²) in [6, 6.07) is 15.1. The number of hydrogen-bond donors (Lipinski definition) is 2. The van der Waals surface area contributed by atoms with Crippen LogP contribution in [0.5, 0.6) is 0 Å². The van der Waals surface area contributed by atoms with E-state index in [1.54, 1.807) is 0 Å². The van der Waals surface area contributed by atoms with Gasteiger partial charge in [0.25, 0.3) is 0 Å². The van der Waals surface area contributed by atoms with E-state index < -0.39 is 5.92 Å². The first-order chi connectivity index (χ1) is 9.99. The molecule has 1 amide bonds. The number of benzene rings is 2. The van der Waals surface area contributed by atoms with Gasteiger partial charge in [-0.1, -0.05) is 48.6 Å². The van der Waals surface area contributed by atoms with Crippen LogP contribution in [0.3, 0.4) is 0 Å². The Balaban J connectivity index is 2.24. The number of aryl methyl sites for hydroxylation is 2. The molecule has 2 aromatic rings. The van der Waals surface area contributed by atoms with Crippen LogP contribution in [-0.2, 0) is 4.79 Å². The molecule has 0 aromatic heterocycles. The van der Waals surface area contributed by atoms with Crippen molar-refractivity contribution >= 4 is 28.8 Å². The first kappa shape index (κ1) is 15.2. The molecule has 21 heavy (non-hydrogen) atoms. The van der Waals surface area contributed by atoms with E-state index in [0.29, 0.717) is 0 Å². The number of anilines is 1. The van der Waals surface area contributed by atoms with Crippen LogP contribution in [0, 0.1) is 13.8 Å². The van der Waals surface area contributed by atoms with Gasteiger partial charge in [-0.25, -0.2) is 0 Å². The molecule has 2 aromatic carbocycles. The average molecular weight is 298 g/mol. The highest BCUT2D eigenvalue weighted by Crippen LogP contribution is 2.20. The molecular formula is C17H18N2OS. The van der Waals surface area contributed by atoms with E-state index in [1.165, 1.54) is 5.56 Å². The van der Waals surface area contributed by atoms with Gasteiger partial charge in [0.1, 0.15) is 5.92 Å². The normalized spacial score (nSPS) is 11.7. The second-order valence-corrected chi connectivity index (χ2v) is 5.51. The quantitative estimate of drug-likeness (QED) is 0.851. The van der Waals surface area contributed by atoms with Crippen LogP contribution in [-0.4, -0.2) is 10.9 Å². The molecule has 0 heterocycles. The molecule has 0 spiro atoms. The molecule has 0 bridgehead atoms. The number of carbonyl (C=O) groups is 1. The maximum atomic E-state index is 12.5. The zero-order valence-corrected chi connectivity index (χ0v) is 12.9. The van der Waals surface area contributed by atoms with Crippen molar-refractivity contribution in [3.63, 3.8) is 0 Å². The monoisotopic (exact) mass is 298 g/mol. The van der Waals surface area contributed by atoms with Crippen molar-refractivity contribution in [2.75, 3.05) is 5.32 Å². The van der Waals surface area contributed by atoms with Crippen molar-refractivity contribution in [3.8, 4) is 0 Å². The summed E-state index contributed by atoms with van der Waals surface area (Å²) >= 11 is 5.05. The van der Waals surface area contributed by atoms with Crippen LogP contribution < -0.4 is 11.1 Å². The van der Waals surface area contributed by atoms with Gasteiger partial charge in [-0.2, -0.15) is 0 Å². The average Bonchev–Trinajstić information content (AvgIpc) is 2.44. The Hall–Kier alpha value is -2.20. The summed E-state index contributed by atoms with van der Waals surface area (Å²) in [5.74, 6) is -0.834. The molecule has 0 saturated carbocycles. The van der Waals surface area contributed by atoms with E-state index in [0.717, 1.165) is 16.8 Å². The highest BCUT2D eigenvalue weighted by molar-refractivity contribution is 7.80. The lowest BCUT2D eigenvalue weighted by molar-refractivity contribution is -0.116. The van der Waals surface area contributed by atoms with Gasteiger partial charge in [-0.15, -0.1) is 0 Å². The second kappa shape index (κ2) is 6.50. The minimum Gasteiger partial charge on any atom is -0.392 e. The Kier molecular flexibility index (Phi) is 4.70. The molecule has 108 valence electrons. The number of rotatable bonds is 4. The van der Waals surface area contributed by atoms with E-state index in [1.807, 2.05) is 62.4 Å². The predicted octanol–water partition coefficient (Wildman–Crippen LogP) is 3.31. The third-order valence-corrected chi connectivity index (χ3v) is 3.69. The van der Waals surface area contributed by atoms with Crippen LogP contribution in [0.4, 0.5) is 5.69 Å². The lowest BCUT2D eigenvalue weighted by Crippen LogP contribution is -2.31. The Bertz CT molecular complexity index is 668. The van der Waals surface area contributed by atoms with E-state index in [4.69, 9.17) is 18.0 Å². The molecule has 0 fully saturated rings. The maximum Gasteiger partial charge on any atom is 0.238 e. The van der Waals surface area contributed by atoms with E-state index in [-0.39, 0.29) is 10.9 Å². The van der Waals surface area contributed by atoms with Crippen LogP contribution in [0.15, 0.2) is 48.5 Å². The smallest absolute Gasteiger partial charge is 0.238 e. The number of carbonyl (C=O) groups excluding carboxylic acids is 1. The molecule has 0 saturated heterocycles. The number of amides is 1. The number of nitrogens with two attached hydrogens (primary N) is 1.